The number of aromatic nitrogens is 1. The first-order valence-electron chi connectivity index (χ1n) is 10.0. The van der Waals surface area contributed by atoms with Crippen molar-refractivity contribution in [3.05, 3.63) is 87.5 Å². The molecule has 4 rings (SSSR count). The van der Waals surface area contributed by atoms with Crippen molar-refractivity contribution < 1.29 is 23.5 Å². The Hall–Kier alpha value is -3.52. The zero-order chi connectivity index (χ0) is 22.8. The van der Waals surface area contributed by atoms with Crippen LogP contribution in [0.5, 0.6) is 0 Å². The second kappa shape index (κ2) is 8.92. The molecule has 1 aliphatic rings. The summed E-state index contributed by atoms with van der Waals surface area (Å²) in [6.07, 6.45) is 1.76. The molecule has 3 aromatic rings. The Morgan fingerprint density at radius 2 is 1.84 bits per heavy atom. The molecule has 0 unspecified atom stereocenters. The van der Waals surface area contributed by atoms with Gasteiger partial charge in [-0.05, 0) is 61.0 Å². The number of carbonyl (C=O) groups is 3. The summed E-state index contributed by atoms with van der Waals surface area (Å²) in [6, 6.07) is 15.2. The molecule has 1 saturated heterocycles. The fourth-order valence-corrected chi connectivity index (χ4v) is 4.42. The molecular formula is C24H22N2O5S. The number of methoxy groups -OCH3 is 1. The van der Waals surface area contributed by atoms with Gasteiger partial charge in [0.05, 0.1) is 18.6 Å². The summed E-state index contributed by atoms with van der Waals surface area (Å²) in [6.45, 7) is 4.71. The quantitative estimate of drug-likeness (QED) is 0.397. The minimum atomic E-state index is -0.615. The van der Waals surface area contributed by atoms with Crippen LogP contribution in [0.1, 0.15) is 38.8 Å². The van der Waals surface area contributed by atoms with E-state index in [1.165, 1.54) is 18.7 Å². The Kier molecular flexibility index (Phi) is 6.05. The van der Waals surface area contributed by atoms with Gasteiger partial charge >= 0.3 is 5.97 Å². The number of rotatable bonds is 6. The Labute approximate surface area is 189 Å². The molecule has 1 aliphatic heterocycles. The molecule has 1 aromatic carbocycles. The highest BCUT2D eigenvalue weighted by Crippen LogP contribution is 2.34. The van der Waals surface area contributed by atoms with Crippen LogP contribution in [0.15, 0.2) is 57.9 Å². The van der Waals surface area contributed by atoms with E-state index in [-0.39, 0.29) is 23.5 Å². The number of thioether (sulfide) groups is 1. The molecule has 2 amide bonds. The van der Waals surface area contributed by atoms with Gasteiger partial charge in [-0.25, -0.2) is 4.79 Å². The topological polar surface area (TPSA) is 81.8 Å². The van der Waals surface area contributed by atoms with Crippen molar-refractivity contribution in [3.63, 3.8) is 0 Å². The minimum absolute atomic E-state index is 0.0240. The number of nitrogens with zero attached hydrogens (tertiary/aromatic N) is 2. The molecule has 0 saturated carbocycles. The maximum Gasteiger partial charge on any atom is 0.373 e. The highest BCUT2D eigenvalue weighted by atomic mass is 32.2. The monoisotopic (exact) mass is 450 g/mol. The number of benzene rings is 1. The maximum absolute atomic E-state index is 12.9. The second-order valence-corrected chi connectivity index (χ2v) is 8.42. The highest BCUT2D eigenvalue weighted by Gasteiger charge is 2.36. The average molecular weight is 451 g/mol. The van der Waals surface area contributed by atoms with E-state index >= 15 is 0 Å². The van der Waals surface area contributed by atoms with Crippen LogP contribution >= 0.6 is 11.8 Å². The predicted molar refractivity (Wildman–Crippen MR) is 121 cm³/mol. The number of esters is 1. The molecular weight excluding hydrogens is 428 g/mol. The van der Waals surface area contributed by atoms with E-state index in [0.717, 1.165) is 40.2 Å². The Morgan fingerprint density at radius 3 is 2.56 bits per heavy atom. The number of ether oxygens (including phenoxy) is 1. The summed E-state index contributed by atoms with van der Waals surface area (Å²) >= 11 is 0.897. The first-order valence-corrected chi connectivity index (χ1v) is 10.8. The van der Waals surface area contributed by atoms with Gasteiger partial charge in [-0.3, -0.25) is 14.5 Å². The molecule has 0 N–H and O–H groups in total. The van der Waals surface area contributed by atoms with Crippen molar-refractivity contribution in [2.75, 3.05) is 7.11 Å². The van der Waals surface area contributed by atoms with Crippen LogP contribution in [0.25, 0.3) is 6.08 Å². The third-order valence-corrected chi connectivity index (χ3v) is 6.23. The SMILES string of the molecule is COC(=O)c1ccc(CN2C(=O)SC(=Cc3cc(C)n(Cc4ccccc4)c3C)C2=O)o1. The number of hydrogen-bond acceptors (Lipinski definition) is 6. The molecule has 0 atom stereocenters. The van der Waals surface area contributed by atoms with E-state index < -0.39 is 5.97 Å². The van der Waals surface area contributed by atoms with E-state index in [1.54, 1.807) is 12.1 Å². The van der Waals surface area contributed by atoms with Crippen LogP contribution in [-0.4, -0.2) is 33.7 Å². The van der Waals surface area contributed by atoms with E-state index in [2.05, 4.69) is 21.4 Å². The Bertz CT molecular complexity index is 1220. The van der Waals surface area contributed by atoms with Gasteiger partial charge < -0.3 is 13.7 Å². The first kappa shape index (κ1) is 21.7. The van der Waals surface area contributed by atoms with E-state index in [0.29, 0.717) is 10.7 Å². The molecule has 3 heterocycles. The number of carbonyl (C=O) groups excluding carboxylic acids is 3. The van der Waals surface area contributed by atoms with Crippen LogP contribution in [0.2, 0.25) is 0 Å². The fourth-order valence-electron chi connectivity index (χ4n) is 3.59. The lowest BCUT2D eigenvalue weighted by Crippen LogP contribution is -2.27. The summed E-state index contributed by atoms with van der Waals surface area (Å²) in [5, 5.41) is -0.379. The fraction of sp³-hybridized carbons (Fsp3) is 0.208. The summed E-state index contributed by atoms with van der Waals surface area (Å²) in [7, 11) is 1.25. The van der Waals surface area contributed by atoms with Gasteiger partial charge in [-0.2, -0.15) is 0 Å². The Morgan fingerprint density at radius 1 is 1.09 bits per heavy atom. The third-order valence-electron chi connectivity index (χ3n) is 5.32. The van der Waals surface area contributed by atoms with E-state index in [9.17, 15) is 14.4 Å². The smallest absolute Gasteiger partial charge is 0.373 e. The van der Waals surface area contributed by atoms with Gasteiger partial charge in [-0.15, -0.1) is 0 Å². The highest BCUT2D eigenvalue weighted by molar-refractivity contribution is 8.18. The summed E-state index contributed by atoms with van der Waals surface area (Å²) in [5.74, 6) is -0.647. The van der Waals surface area contributed by atoms with Crippen LogP contribution in [-0.2, 0) is 22.6 Å². The first-order chi connectivity index (χ1) is 15.4. The van der Waals surface area contributed by atoms with Crippen molar-refractivity contribution >= 4 is 35.0 Å². The van der Waals surface area contributed by atoms with Crippen LogP contribution in [0.3, 0.4) is 0 Å². The van der Waals surface area contributed by atoms with Gasteiger partial charge in [0.25, 0.3) is 11.1 Å². The molecule has 0 spiro atoms. The van der Waals surface area contributed by atoms with Crippen molar-refractivity contribution in [3.8, 4) is 0 Å². The zero-order valence-corrected chi connectivity index (χ0v) is 18.8. The number of aryl methyl sites for hydroxylation is 1. The van der Waals surface area contributed by atoms with Gasteiger partial charge in [0, 0.05) is 17.9 Å². The summed E-state index contributed by atoms with van der Waals surface area (Å²) in [5.41, 5.74) is 4.18. The van der Waals surface area contributed by atoms with E-state index in [1.807, 2.05) is 38.1 Å². The lowest BCUT2D eigenvalue weighted by Gasteiger charge is -2.10. The number of hydrogen-bond donors (Lipinski definition) is 0. The lowest BCUT2D eigenvalue weighted by atomic mass is 10.2. The predicted octanol–water partition coefficient (Wildman–Crippen LogP) is 4.77. The number of amides is 2. The molecule has 7 nitrogen and oxygen atoms in total. The van der Waals surface area contributed by atoms with Crippen molar-refractivity contribution in [2.24, 2.45) is 0 Å². The molecule has 8 heteroatoms. The molecule has 0 radical (unpaired) electrons. The van der Waals surface area contributed by atoms with Crippen molar-refractivity contribution in [1.29, 1.82) is 0 Å². The van der Waals surface area contributed by atoms with Crippen molar-refractivity contribution in [1.82, 2.24) is 9.47 Å². The maximum atomic E-state index is 12.9. The van der Waals surface area contributed by atoms with Gasteiger partial charge in [0.2, 0.25) is 5.76 Å². The van der Waals surface area contributed by atoms with Crippen LogP contribution < -0.4 is 0 Å². The summed E-state index contributed by atoms with van der Waals surface area (Å²) < 4.78 is 12.2. The largest absolute Gasteiger partial charge is 0.463 e. The normalized spacial score (nSPS) is 15.1. The minimum Gasteiger partial charge on any atom is -0.463 e. The lowest BCUT2D eigenvalue weighted by molar-refractivity contribution is -0.123. The van der Waals surface area contributed by atoms with Crippen LogP contribution in [0.4, 0.5) is 4.79 Å². The molecule has 32 heavy (non-hydrogen) atoms. The Balaban J connectivity index is 1.53. The number of imide groups is 1. The molecule has 0 aliphatic carbocycles. The van der Waals surface area contributed by atoms with Gasteiger partial charge in [-0.1, -0.05) is 30.3 Å². The van der Waals surface area contributed by atoms with E-state index in [4.69, 9.17) is 4.42 Å². The molecule has 164 valence electrons. The third kappa shape index (κ3) is 4.27. The summed E-state index contributed by atoms with van der Waals surface area (Å²) in [4.78, 5) is 38.4. The molecule has 1 fully saturated rings. The van der Waals surface area contributed by atoms with Gasteiger partial charge in [0.15, 0.2) is 0 Å². The molecule has 0 bridgehead atoms. The standard InChI is InChI=1S/C24H22N2O5S/c1-15-11-18(16(2)25(15)13-17-7-5-4-6-8-17)12-21-22(27)26(24(29)32-21)14-19-9-10-20(31-19)23(28)30-3/h4-12H,13-14H2,1-3H3. The number of furan rings is 1. The average Bonchev–Trinajstić information content (AvgIpc) is 3.44. The van der Waals surface area contributed by atoms with Crippen molar-refractivity contribution in [2.45, 2.75) is 26.9 Å². The second-order valence-electron chi connectivity index (χ2n) is 7.42. The molecule has 2 aromatic heterocycles. The van der Waals surface area contributed by atoms with Gasteiger partial charge in [0.1, 0.15) is 5.76 Å². The van der Waals surface area contributed by atoms with Crippen LogP contribution in [0, 0.1) is 13.8 Å². The zero-order valence-electron chi connectivity index (χ0n) is 18.0.